The SMILES string of the molecule is CN1C(=O)CCc2cc(C(N)C(O)CN)ccc21. The van der Waals surface area contributed by atoms with Crippen LogP contribution < -0.4 is 16.4 Å². The van der Waals surface area contributed by atoms with Crippen LogP contribution in [0.3, 0.4) is 0 Å². The first kappa shape index (κ1) is 13.0. The normalized spacial score (nSPS) is 18.4. The average Bonchev–Trinajstić information content (AvgIpc) is 2.41. The third kappa shape index (κ3) is 2.25. The van der Waals surface area contributed by atoms with Gasteiger partial charge in [0.05, 0.1) is 12.1 Å². The van der Waals surface area contributed by atoms with Crippen LogP contribution in [0.25, 0.3) is 0 Å². The molecule has 0 saturated carbocycles. The Hall–Kier alpha value is -1.43. The Balaban J connectivity index is 2.31. The van der Waals surface area contributed by atoms with Gasteiger partial charge in [0, 0.05) is 25.7 Å². The number of aliphatic hydroxyl groups is 1. The van der Waals surface area contributed by atoms with E-state index in [0.717, 1.165) is 23.2 Å². The van der Waals surface area contributed by atoms with Gasteiger partial charge in [-0.2, -0.15) is 0 Å². The number of rotatable bonds is 3. The lowest BCUT2D eigenvalue weighted by atomic mass is 9.94. The molecule has 2 rings (SSSR count). The third-order valence-corrected chi connectivity index (χ3v) is 3.49. The van der Waals surface area contributed by atoms with Crippen molar-refractivity contribution in [1.82, 2.24) is 0 Å². The second-order valence-electron chi connectivity index (χ2n) is 4.67. The van der Waals surface area contributed by atoms with E-state index in [1.54, 1.807) is 11.9 Å². The van der Waals surface area contributed by atoms with Gasteiger partial charge in [0.15, 0.2) is 0 Å². The van der Waals surface area contributed by atoms with E-state index < -0.39 is 12.1 Å². The van der Waals surface area contributed by atoms with E-state index >= 15 is 0 Å². The molecule has 5 N–H and O–H groups in total. The molecular weight excluding hydrogens is 230 g/mol. The summed E-state index contributed by atoms with van der Waals surface area (Å²) in [7, 11) is 1.77. The zero-order chi connectivity index (χ0) is 13.3. The zero-order valence-electron chi connectivity index (χ0n) is 10.5. The van der Waals surface area contributed by atoms with E-state index in [-0.39, 0.29) is 12.5 Å². The Kier molecular flexibility index (Phi) is 3.65. The van der Waals surface area contributed by atoms with Gasteiger partial charge < -0.3 is 21.5 Å². The van der Waals surface area contributed by atoms with Crippen LogP contribution in [0, 0.1) is 0 Å². The number of fused-ring (bicyclic) bond motifs is 1. The summed E-state index contributed by atoms with van der Waals surface area (Å²) < 4.78 is 0. The topological polar surface area (TPSA) is 92.6 Å². The first-order chi connectivity index (χ1) is 8.54. The van der Waals surface area contributed by atoms with Crippen LogP contribution >= 0.6 is 0 Å². The predicted octanol–water partition coefficient (Wildman–Crippen LogP) is -0.0850. The molecule has 1 heterocycles. The van der Waals surface area contributed by atoms with Crippen molar-refractivity contribution in [1.29, 1.82) is 0 Å². The minimum Gasteiger partial charge on any atom is -0.390 e. The fourth-order valence-corrected chi connectivity index (χ4v) is 2.25. The second kappa shape index (κ2) is 5.06. The minimum absolute atomic E-state index is 0.126. The second-order valence-corrected chi connectivity index (χ2v) is 4.67. The van der Waals surface area contributed by atoms with Gasteiger partial charge in [-0.05, 0) is 23.6 Å². The first-order valence-corrected chi connectivity index (χ1v) is 6.07. The van der Waals surface area contributed by atoms with Crippen molar-refractivity contribution in [3.8, 4) is 0 Å². The van der Waals surface area contributed by atoms with Crippen molar-refractivity contribution in [3.05, 3.63) is 29.3 Å². The van der Waals surface area contributed by atoms with Gasteiger partial charge >= 0.3 is 0 Å². The number of amides is 1. The molecule has 5 heteroatoms. The summed E-state index contributed by atoms with van der Waals surface area (Å²) in [4.78, 5) is 13.2. The molecule has 0 radical (unpaired) electrons. The fraction of sp³-hybridized carbons (Fsp3) is 0.462. The number of carbonyl (C=O) groups excluding carboxylic acids is 1. The maximum absolute atomic E-state index is 11.6. The van der Waals surface area contributed by atoms with E-state index in [4.69, 9.17) is 11.5 Å². The molecule has 0 aliphatic carbocycles. The van der Waals surface area contributed by atoms with E-state index in [1.165, 1.54) is 0 Å². The van der Waals surface area contributed by atoms with Crippen LogP contribution in [0.4, 0.5) is 5.69 Å². The Morgan fingerprint density at radius 1 is 1.44 bits per heavy atom. The number of carbonyl (C=O) groups is 1. The quantitative estimate of drug-likeness (QED) is 0.698. The van der Waals surface area contributed by atoms with Crippen molar-refractivity contribution in [2.75, 3.05) is 18.5 Å². The summed E-state index contributed by atoms with van der Waals surface area (Å²) in [6, 6.07) is 5.20. The molecule has 18 heavy (non-hydrogen) atoms. The molecule has 0 fully saturated rings. The van der Waals surface area contributed by atoms with Gasteiger partial charge in [0.1, 0.15) is 0 Å². The van der Waals surface area contributed by atoms with Crippen molar-refractivity contribution < 1.29 is 9.90 Å². The molecular formula is C13H19N3O2. The Labute approximate surface area is 106 Å². The van der Waals surface area contributed by atoms with Gasteiger partial charge in [-0.3, -0.25) is 4.79 Å². The number of anilines is 1. The summed E-state index contributed by atoms with van der Waals surface area (Å²) in [5.74, 6) is 0.126. The highest BCUT2D eigenvalue weighted by atomic mass is 16.3. The van der Waals surface area contributed by atoms with Gasteiger partial charge in [0.2, 0.25) is 5.91 Å². The molecule has 0 spiro atoms. The monoisotopic (exact) mass is 249 g/mol. The zero-order valence-corrected chi connectivity index (χ0v) is 10.5. The number of nitrogens with two attached hydrogens (primary N) is 2. The fourth-order valence-electron chi connectivity index (χ4n) is 2.25. The van der Waals surface area contributed by atoms with Crippen LogP contribution in [0.15, 0.2) is 18.2 Å². The van der Waals surface area contributed by atoms with Crippen molar-refractivity contribution >= 4 is 11.6 Å². The van der Waals surface area contributed by atoms with Crippen molar-refractivity contribution in [2.45, 2.75) is 25.0 Å². The van der Waals surface area contributed by atoms with Gasteiger partial charge in [-0.15, -0.1) is 0 Å². The van der Waals surface area contributed by atoms with Gasteiger partial charge in [-0.25, -0.2) is 0 Å². The van der Waals surface area contributed by atoms with E-state index in [1.807, 2.05) is 18.2 Å². The largest absolute Gasteiger partial charge is 0.390 e. The predicted molar refractivity (Wildman–Crippen MR) is 70.2 cm³/mol. The van der Waals surface area contributed by atoms with Crippen LogP contribution in [0.2, 0.25) is 0 Å². The summed E-state index contributed by atoms with van der Waals surface area (Å²) in [6.07, 6.45) is 0.491. The summed E-state index contributed by atoms with van der Waals surface area (Å²) in [5.41, 5.74) is 14.2. The number of benzene rings is 1. The molecule has 0 aromatic heterocycles. The lowest BCUT2D eigenvalue weighted by molar-refractivity contribution is -0.118. The standard InChI is InChI=1S/C13H19N3O2/c1-16-10-4-2-9(13(15)11(17)7-14)6-8(10)3-5-12(16)18/h2,4,6,11,13,17H,3,5,7,14-15H2,1H3. The molecule has 1 aliphatic heterocycles. The summed E-state index contributed by atoms with van der Waals surface area (Å²) >= 11 is 0. The molecule has 0 saturated heterocycles. The third-order valence-electron chi connectivity index (χ3n) is 3.49. The molecule has 0 bridgehead atoms. The van der Waals surface area contributed by atoms with E-state index in [9.17, 15) is 9.90 Å². The van der Waals surface area contributed by atoms with Crippen LogP contribution in [0.5, 0.6) is 0 Å². The molecule has 2 atom stereocenters. The molecule has 5 nitrogen and oxygen atoms in total. The molecule has 2 unspecified atom stereocenters. The lowest BCUT2D eigenvalue weighted by Gasteiger charge is -2.27. The number of aryl methyl sites for hydroxylation is 1. The highest BCUT2D eigenvalue weighted by Crippen LogP contribution is 2.29. The van der Waals surface area contributed by atoms with Crippen LogP contribution in [-0.2, 0) is 11.2 Å². The highest BCUT2D eigenvalue weighted by Gasteiger charge is 2.23. The Bertz CT molecular complexity index is 462. The number of hydrogen-bond acceptors (Lipinski definition) is 4. The number of nitrogens with zero attached hydrogens (tertiary/aromatic N) is 1. The Morgan fingerprint density at radius 3 is 2.83 bits per heavy atom. The molecule has 1 aromatic rings. The van der Waals surface area contributed by atoms with Gasteiger partial charge in [0.25, 0.3) is 0 Å². The Morgan fingerprint density at radius 2 is 2.17 bits per heavy atom. The molecule has 1 aliphatic rings. The lowest BCUT2D eigenvalue weighted by Crippen LogP contribution is -2.34. The first-order valence-electron chi connectivity index (χ1n) is 6.07. The van der Waals surface area contributed by atoms with Crippen LogP contribution in [-0.4, -0.2) is 30.7 Å². The van der Waals surface area contributed by atoms with Gasteiger partial charge in [-0.1, -0.05) is 12.1 Å². The maximum Gasteiger partial charge on any atom is 0.227 e. The summed E-state index contributed by atoms with van der Waals surface area (Å²) in [5, 5.41) is 9.66. The van der Waals surface area contributed by atoms with Crippen LogP contribution in [0.1, 0.15) is 23.6 Å². The highest BCUT2D eigenvalue weighted by molar-refractivity contribution is 5.95. The number of aliphatic hydroxyl groups excluding tert-OH is 1. The smallest absolute Gasteiger partial charge is 0.227 e. The number of hydrogen-bond donors (Lipinski definition) is 3. The van der Waals surface area contributed by atoms with Crippen molar-refractivity contribution in [3.63, 3.8) is 0 Å². The van der Waals surface area contributed by atoms with E-state index in [2.05, 4.69) is 0 Å². The molecule has 1 amide bonds. The molecule has 98 valence electrons. The minimum atomic E-state index is -0.744. The van der Waals surface area contributed by atoms with Crippen molar-refractivity contribution in [2.24, 2.45) is 11.5 Å². The average molecular weight is 249 g/mol. The molecule has 1 aromatic carbocycles. The van der Waals surface area contributed by atoms with E-state index in [0.29, 0.717) is 6.42 Å². The summed E-state index contributed by atoms with van der Waals surface area (Å²) in [6.45, 7) is 0.136. The maximum atomic E-state index is 11.6.